The van der Waals surface area contributed by atoms with Crippen molar-refractivity contribution in [3.05, 3.63) is 0 Å². The molecule has 16 heavy (non-hydrogen) atoms. The van der Waals surface area contributed by atoms with E-state index >= 15 is 0 Å². The zero-order valence-electron chi connectivity index (χ0n) is 10.7. The van der Waals surface area contributed by atoms with E-state index in [9.17, 15) is 0 Å². The Balaban J connectivity index is 1.73. The largest absolute Gasteiger partial charge is 0.374 e. The van der Waals surface area contributed by atoms with Crippen LogP contribution in [0.1, 0.15) is 45.4 Å². The van der Waals surface area contributed by atoms with Gasteiger partial charge in [-0.15, -0.1) is 0 Å². The van der Waals surface area contributed by atoms with Crippen LogP contribution in [0.25, 0.3) is 0 Å². The zero-order valence-corrected chi connectivity index (χ0v) is 10.7. The first-order valence-electron chi connectivity index (χ1n) is 6.76. The van der Waals surface area contributed by atoms with Crippen molar-refractivity contribution in [3.8, 4) is 0 Å². The molecule has 3 heteroatoms. The molecule has 2 atom stereocenters. The highest BCUT2D eigenvalue weighted by Crippen LogP contribution is 2.24. The Morgan fingerprint density at radius 2 is 1.81 bits per heavy atom. The molecular weight excluding hydrogens is 200 g/mol. The smallest absolute Gasteiger partial charge is 0.0706 e. The number of nitrogens with two attached hydrogens (primary N) is 1. The third-order valence-electron chi connectivity index (χ3n) is 4.18. The number of nitrogens with zero attached hydrogens (tertiary/aromatic N) is 1. The van der Waals surface area contributed by atoms with Crippen LogP contribution in [0.2, 0.25) is 0 Å². The van der Waals surface area contributed by atoms with Crippen LogP contribution in [0.3, 0.4) is 0 Å². The first-order chi connectivity index (χ1) is 7.65. The van der Waals surface area contributed by atoms with Gasteiger partial charge in [0, 0.05) is 18.6 Å². The maximum atomic E-state index is 5.94. The average molecular weight is 226 g/mol. The van der Waals surface area contributed by atoms with Gasteiger partial charge in [-0.1, -0.05) is 0 Å². The third-order valence-corrected chi connectivity index (χ3v) is 4.18. The SMILES string of the molecule is CC1CCC(CN(C)C2CCC(N)CC2)O1. The van der Waals surface area contributed by atoms with E-state index in [2.05, 4.69) is 18.9 Å². The van der Waals surface area contributed by atoms with Gasteiger partial charge in [0.1, 0.15) is 0 Å². The molecule has 1 aliphatic heterocycles. The quantitative estimate of drug-likeness (QED) is 0.797. The van der Waals surface area contributed by atoms with Gasteiger partial charge in [0.15, 0.2) is 0 Å². The third kappa shape index (κ3) is 3.19. The van der Waals surface area contributed by atoms with E-state index in [4.69, 9.17) is 10.5 Å². The number of hydrogen-bond acceptors (Lipinski definition) is 3. The Hall–Kier alpha value is -0.120. The monoisotopic (exact) mass is 226 g/mol. The van der Waals surface area contributed by atoms with Gasteiger partial charge < -0.3 is 15.4 Å². The van der Waals surface area contributed by atoms with E-state index in [1.807, 2.05) is 0 Å². The Bertz CT molecular complexity index is 214. The summed E-state index contributed by atoms with van der Waals surface area (Å²) in [5.74, 6) is 0. The number of rotatable bonds is 3. The summed E-state index contributed by atoms with van der Waals surface area (Å²) in [4.78, 5) is 2.49. The van der Waals surface area contributed by atoms with Crippen LogP contribution in [0.5, 0.6) is 0 Å². The van der Waals surface area contributed by atoms with Crippen molar-refractivity contribution >= 4 is 0 Å². The maximum absolute atomic E-state index is 5.94. The molecule has 0 aromatic heterocycles. The summed E-state index contributed by atoms with van der Waals surface area (Å²) in [6.07, 6.45) is 8.31. The highest BCUT2D eigenvalue weighted by atomic mass is 16.5. The molecule has 0 spiro atoms. The summed E-state index contributed by atoms with van der Waals surface area (Å²) in [5.41, 5.74) is 5.94. The molecule has 1 heterocycles. The van der Waals surface area contributed by atoms with Crippen molar-refractivity contribution in [3.63, 3.8) is 0 Å². The van der Waals surface area contributed by atoms with Crippen LogP contribution >= 0.6 is 0 Å². The van der Waals surface area contributed by atoms with Gasteiger partial charge >= 0.3 is 0 Å². The van der Waals surface area contributed by atoms with Crippen molar-refractivity contribution in [2.24, 2.45) is 5.73 Å². The first kappa shape index (κ1) is 12.3. The van der Waals surface area contributed by atoms with Gasteiger partial charge in [-0.25, -0.2) is 0 Å². The fraction of sp³-hybridized carbons (Fsp3) is 1.00. The molecule has 2 rings (SSSR count). The normalized spacial score (nSPS) is 40.5. The van der Waals surface area contributed by atoms with E-state index < -0.39 is 0 Å². The Labute approximate surface area is 99.3 Å². The van der Waals surface area contributed by atoms with Crippen molar-refractivity contribution in [1.82, 2.24) is 4.90 Å². The predicted octanol–water partition coefficient (Wildman–Crippen LogP) is 1.76. The van der Waals surface area contributed by atoms with Gasteiger partial charge in [-0.3, -0.25) is 0 Å². The van der Waals surface area contributed by atoms with E-state index in [-0.39, 0.29) is 0 Å². The van der Waals surface area contributed by atoms with Gasteiger partial charge in [0.25, 0.3) is 0 Å². The fourth-order valence-electron chi connectivity index (χ4n) is 3.03. The molecular formula is C13H26N2O. The summed E-state index contributed by atoms with van der Waals surface area (Å²) in [6.45, 7) is 3.28. The van der Waals surface area contributed by atoms with Crippen LogP contribution in [-0.4, -0.2) is 42.8 Å². The van der Waals surface area contributed by atoms with Gasteiger partial charge in [0.05, 0.1) is 12.2 Å². The summed E-state index contributed by atoms with van der Waals surface area (Å²) in [7, 11) is 2.24. The van der Waals surface area contributed by atoms with Crippen molar-refractivity contribution in [2.75, 3.05) is 13.6 Å². The number of hydrogen-bond donors (Lipinski definition) is 1. The second kappa shape index (κ2) is 5.48. The highest BCUT2D eigenvalue weighted by molar-refractivity contribution is 4.82. The summed E-state index contributed by atoms with van der Waals surface area (Å²) in [6, 6.07) is 1.19. The number of likely N-dealkylation sites (N-methyl/N-ethyl adjacent to an activating group) is 1. The molecule has 3 nitrogen and oxygen atoms in total. The lowest BCUT2D eigenvalue weighted by atomic mass is 9.91. The Morgan fingerprint density at radius 3 is 2.38 bits per heavy atom. The Kier molecular flexibility index (Phi) is 4.22. The molecule has 1 saturated carbocycles. The van der Waals surface area contributed by atoms with E-state index in [0.29, 0.717) is 18.2 Å². The Morgan fingerprint density at radius 1 is 1.12 bits per heavy atom. The lowest BCUT2D eigenvalue weighted by Crippen LogP contribution is -2.41. The topological polar surface area (TPSA) is 38.5 Å². The minimum absolute atomic E-state index is 0.451. The standard InChI is InChI=1S/C13H26N2O/c1-10-3-8-13(16-10)9-15(2)12-6-4-11(14)5-7-12/h10-13H,3-9,14H2,1-2H3. The predicted molar refractivity (Wildman–Crippen MR) is 66.4 cm³/mol. The molecule has 0 aromatic rings. The van der Waals surface area contributed by atoms with E-state index in [1.54, 1.807) is 0 Å². The number of ether oxygens (including phenoxy) is 1. The molecule has 94 valence electrons. The molecule has 2 unspecified atom stereocenters. The lowest BCUT2D eigenvalue weighted by molar-refractivity contribution is 0.0239. The van der Waals surface area contributed by atoms with Gasteiger partial charge in [-0.2, -0.15) is 0 Å². The van der Waals surface area contributed by atoms with Crippen LogP contribution < -0.4 is 5.73 Å². The molecule has 1 aliphatic carbocycles. The van der Waals surface area contributed by atoms with Crippen LogP contribution in [-0.2, 0) is 4.74 Å². The molecule has 2 aliphatic rings. The van der Waals surface area contributed by atoms with Crippen molar-refractivity contribution < 1.29 is 4.74 Å². The lowest BCUT2D eigenvalue weighted by Gasteiger charge is -2.34. The molecule has 0 bridgehead atoms. The second-order valence-electron chi connectivity index (χ2n) is 5.65. The van der Waals surface area contributed by atoms with Crippen LogP contribution in [0.15, 0.2) is 0 Å². The molecule has 2 fully saturated rings. The van der Waals surface area contributed by atoms with E-state index in [1.165, 1.54) is 38.5 Å². The highest BCUT2D eigenvalue weighted by Gasteiger charge is 2.27. The van der Waals surface area contributed by atoms with Gasteiger partial charge in [0.2, 0.25) is 0 Å². The summed E-state index contributed by atoms with van der Waals surface area (Å²) >= 11 is 0. The molecule has 0 amide bonds. The first-order valence-corrected chi connectivity index (χ1v) is 6.76. The maximum Gasteiger partial charge on any atom is 0.0706 e. The van der Waals surface area contributed by atoms with Crippen LogP contribution in [0.4, 0.5) is 0 Å². The van der Waals surface area contributed by atoms with Crippen LogP contribution in [0, 0.1) is 0 Å². The van der Waals surface area contributed by atoms with Crippen molar-refractivity contribution in [1.29, 1.82) is 0 Å². The molecule has 1 saturated heterocycles. The fourth-order valence-corrected chi connectivity index (χ4v) is 3.03. The minimum atomic E-state index is 0.451. The minimum Gasteiger partial charge on any atom is -0.374 e. The second-order valence-corrected chi connectivity index (χ2v) is 5.65. The van der Waals surface area contributed by atoms with Crippen molar-refractivity contribution in [2.45, 2.75) is 69.7 Å². The zero-order chi connectivity index (χ0) is 11.5. The average Bonchev–Trinajstić information content (AvgIpc) is 2.65. The summed E-state index contributed by atoms with van der Waals surface area (Å²) < 4.78 is 5.88. The van der Waals surface area contributed by atoms with Gasteiger partial charge in [-0.05, 0) is 52.5 Å². The van der Waals surface area contributed by atoms with E-state index in [0.717, 1.165) is 12.6 Å². The molecule has 2 N–H and O–H groups in total. The summed E-state index contributed by atoms with van der Waals surface area (Å²) in [5, 5.41) is 0. The molecule has 0 aromatic carbocycles. The molecule has 0 radical (unpaired) electrons.